The number of nitrogens with two attached hydrogens (primary N) is 2. The fraction of sp³-hybridized carbons (Fsp3) is 0.556. The van der Waals surface area contributed by atoms with E-state index in [1.807, 2.05) is 0 Å². The zero-order valence-electron chi connectivity index (χ0n) is 15.1. The second-order valence-corrected chi connectivity index (χ2v) is 6.60. The summed E-state index contributed by atoms with van der Waals surface area (Å²) in [6.07, 6.45) is 5.23. The summed E-state index contributed by atoms with van der Waals surface area (Å²) < 4.78 is 25.7. The summed E-state index contributed by atoms with van der Waals surface area (Å²) in [4.78, 5) is 10.3. The monoisotopic (exact) mass is 363 g/mol. The fourth-order valence-corrected chi connectivity index (χ4v) is 3.66. The zero-order chi connectivity index (χ0) is 18.6. The molecular formula is C18H26FN5O2. The Hall–Kier alpha value is -2.35. The minimum atomic E-state index is -0.707. The molecule has 8 heteroatoms. The van der Waals surface area contributed by atoms with Gasteiger partial charge in [0.2, 0.25) is 11.9 Å². The Bertz CT molecular complexity index is 701. The second kappa shape index (κ2) is 7.90. The van der Waals surface area contributed by atoms with E-state index in [1.54, 1.807) is 24.1 Å². The maximum absolute atomic E-state index is 14.9. The van der Waals surface area contributed by atoms with Gasteiger partial charge in [-0.15, -0.1) is 0 Å². The molecular weight excluding hydrogens is 337 g/mol. The quantitative estimate of drug-likeness (QED) is 0.756. The van der Waals surface area contributed by atoms with E-state index >= 15 is 0 Å². The molecule has 0 radical (unpaired) electrons. The van der Waals surface area contributed by atoms with Crippen LogP contribution < -0.4 is 21.1 Å². The Morgan fingerprint density at radius 1 is 1.19 bits per heavy atom. The van der Waals surface area contributed by atoms with Gasteiger partial charge in [0, 0.05) is 20.1 Å². The van der Waals surface area contributed by atoms with Crippen molar-refractivity contribution in [1.29, 1.82) is 0 Å². The molecule has 1 heterocycles. The third kappa shape index (κ3) is 3.60. The molecule has 0 bridgehead atoms. The number of nitrogens with zero attached hydrogens (tertiary/aromatic N) is 3. The van der Waals surface area contributed by atoms with Crippen LogP contribution in [0.3, 0.4) is 0 Å². The second-order valence-electron chi connectivity index (χ2n) is 6.60. The molecule has 2 aliphatic rings. The van der Waals surface area contributed by atoms with Crippen LogP contribution in [0.15, 0.2) is 28.2 Å². The van der Waals surface area contributed by atoms with Crippen LogP contribution >= 0.6 is 0 Å². The first kappa shape index (κ1) is 18.4. The number of guanidine groups is 2. The summed E-state index contributed by atoms with van der Waals surface area (Å²) in [6, 6.07) is 4.74. The van der Waals surface area contributed by atoms with Gasteiger partial charge in [0.1, 0.15) is 17.1 Å². The van der Waals surface area contributed by atoms with Crippen LogP contribution in [0.25, 0.3) is 0 Å². The molecule has 1 saturated carbocycles. The average Bonchev–Trinajstić information content (AvgIpc) is 2.61. The number of halogens is 1. The Morgan fingerprint density at radius 3 is 2.69 bits per heavy atom. The van der Waals surface area contributed by atoms with Crippen LogP contribution in [0.1, 0.15) is 38.5 Å². The van der Waals surface area contributed by atoms with Crippen LogP contribution in [0.5, 0.6) is 5.75 Å². The number of aliphatic imine (C=N–C) groups is 2. The smallest absolute Gasteiger partial charge is 0.220 e. The van der Waals surface area contributed by atoms with E-state index in [0.717, 1.165) is 32.1 Å². The molecule has 1 aliphatic carbocycles. The van der Waals surface area contributed by atoms with Gasteiger partial charge in [0.05, 0.1) is 6.61 Å². The van der Waals surface area contributed by atoms with Gasteiger partial charge >= 0.3 is 0 Å². The number of anilines is 1. The van der Waals surface area contributed by atoms with Gasteiger partial charge in [-0.2, -0.15) is 4.99 Å². The van der Waals surface area contributed by atoms with Crippen LogP contribution in [0.4, 0.5) is 10.1 Å². The fourth-order valence-electron chi connectivity index (χ4n) is 3.66. The van der Waals surface area contributed by atoms with Crippen LogP contribution in [0.2, 0.25) is 0 Å². The molecule has 4 N–H and O–H groups in total. The van der Waals surface area contributed by atoms with Crippen LogP contribution in [0, 0.1) is 5.82 Å². The maximum atomic E-state index is 14.9. The average molecular weight is 363 g/mol. The normalized spacial score (nSPS) is 19.2. The molecule has 0 unspecified atom stereocenters. The first-order valence-electron chi connectivity index (χ1n) is 8.97. The lowest BCUT2D eigenvalue weighted by Gasteiger charge is -2.45. The maximum Gasteiger partial charge on any atom is 0.220 e. The Labute approximate surface area is 152 Å². The van der Waals surface area contributed by atoms with Crippen molar-refractivity contribution in [3.63, 3.8) is 0 Å². The van der Waals surface area contributed by atoms with Gasteiger partial charge in [-0.25, -0.2) is 9.38 Å². The van der Waals surface area contributed by atoms with Crippen LogP contribution in [-0.2, 0) is 4.74 Å². The predicted octanol–water partition coefficient (Wildman–Crippen LogP) is 2.35. The van der Waals surface area contributed by atoms with Crippen molar-refractivity contribution in [2.75, 3.05) is 25.2 Å². The summed E-state index contributed by atoms with van der Waals surface area (Å²) in [5.41, 5.74) is 11.6. The van der Waals surface area contributed by atoms with Gasteiger partial charge in [-0.3, -0.25) is 4.90 Å². The van der Waals surface area contributed by atoms with Gasteiger partial charge in [-0.05, 0) is 37.8 Å². The lowest BCUT2D eigenvalue weighted by molar-refractivity contribution is 0.172. The molecule has 1 fully saturated rings. The molecule has 0 aromatic heterocycles. The van der Waals surface area contributed by atoms with Crippen LogP contribution in [-0.4, -0.2) is 37.9 Å². The topological polar surface area (TPSA) is 98.5 Å². The minimum absolute atomic E-state index is 0.138. The van der Waals surface area contributed by atoms with Crippen molar-refractivity contribution in [1.82, 2.24) is 0 Å². The summed E-state index contributed by atoms with van der Waals surface area (Å²) in [5.74, 6) is 0.277. The number of hydrogen-bond donors (Lipinski definition) is 2. The highest BCUT2D eigenvalue weighted by molar-refractivity contribution is 6.06. The molecule has 1 aliphatic heterocycles. The molecule has 1 aromatic carbocycles. The lowest BCUT2D eigenvalue weighted by Crippen LogP contribution is -2.58. The van der Waals surface area contributed by atoms with Gasteiger partial charge < -0.3 is 20.9 Å². The molecule has 0 atom stereocenters. The number of hydrogen-bond acceptors (Lipinski definition) is 7. The Kier molecular flexibility index (Phi) is 5.61. The molecule has 7 nitrogen and oxygen atoms in total. The van der Waals surface area contributed by atoms with Crippen molar-refractivity contribution >= 4 is 17.6 Å². The highest BCUT2D eigenvalue weighted by atomic mass is 19.1. The van der Waals surface area contributed by atoms with Crippen molar-refractivity contribution in [2.45, 2.75) is 44.2 Å². The molecule has 0 saturated heterocycles. The highest BCUT2D eigenvalue weighted by Gasteiger charge is 2.44. The molecule has 0 amide bonds. The zero-order valence-corrected chi connectivity index (χ0v) is 15.1. The molecule has 26 heavy (non-hydrogen) atoms. The number of para-hydroxylation sites is 1. The van der Waals surface area contributed by atoms with Crippen molar-refractivity contribution in [3.8, 4) is 5.75 Å². The van der Waals surface area contributed by atoms with Crippen molar-refractivity contribution < 1.29 is 13.9 Å². The van der Waals surface area contributed by atoms with E-state index < -0.39 is 11.5 Å². The van der Waals surface area contributed by atoms with E-state index in [0.29, 0.717) is 25.4 Å². The van der Waals surface area contributed by atoms with Crippen molar-refractivity contribution in [3.05, 3.63) is 24.0 Å². The summed E-state index contributed by atoms with van der Waals surface area (Å²) >= 11 is 0. The summed E-state index contributed by atoms with van der Waals surface area (Å²) in [5, 5.41) is 0. The number of methoxy groups -OCH3 is 1. The van der Waals surface area contributed by atoms with Gasteiger partial charge in [0.25, 0.3) is 0 Å². The summed E-state index contributed by atoms with van der Waals surface area (Å²) in [7, 11) is 1.63. The largest absolute Gasteiger partial charge is 0.491 e. The number of rotatable bonds is 6. The van der Waals surface area contributed by atoms with E-state index in [9.17, 15) is 4.39 Å². The Morgan fingerprint density at radius 2 is 1.96 bits per heavy atom. The van der Waals surface area contributed by atoms with E-state index in [4.69, 9.17) is 20.9 Å². The van der Waals surface area contributed by atoms with E-state index in [2.05, 4.69) is 9.98 Å². The Balaban J connectivity index is 1.99. The first-order valence-corrected chi connectivity index (χ1v) is 8.97. The van der Waals surface area contributed by atoms with E-state index in [1.165, 1.54) is 6.07 Å². The highest BCUT2D eigenvalue weighted by Crippen LogP contribution is 2.43. The van der Waals surface area contributed by atoms with E-state index in [-0.39, 0.29) is 17.6 Å². The summed E-state index contributed by atoms with van der Waals surface area (Å²) in [6.45, 7) is 0.982. The lowest BCUT2D eigenvalue weighted by atomic mass is 9.87. The van der Waals surface area contributed by atoms with Crippen molar-refractivity contribution in [2.24, 2.45) is 21.5 Å². The third-order valence-corrected chi connectivity index (χ3v) is 4.78. The van der Waals surface area contributed by atoms with Gasteiger partial charge in [0.15, 0.2) is 5.82 Å². The predicted molar refractivity (Wildman–Crippen MR) is 99.9 cm³/mol. The molecule has 3 rings (SSSR count). The SMILES string of the molecule is COCCCOc1cccc(F)c1N1C(N)=NC(N)=NC12CCCCC2. The minimum Gasteiger partial charge on any atom is -0.491 e. The first-order chi connectivity index (χ1) is 12.6. The number of ether oxygens (including phenoxy) is 2. The molecule has 1 aromatic rings. The molecule has 142 valence electrons. The van der Waals surface area contributed by atoms with Gasteiger partial charge in [-0.1, -0.05) is 12.5 Å². The standard InChI is InChI=1S/C18H26FN5O2/c1-25-11-6-12-26-14-8-5-7-13(19)15(14)24-17(21)22-16(20)23-18(24)9-3-2-4-10-18/h5,7-8H,2-4,6,9-12H2,1H3,(H4,20,21,22,23). The molecule has 1 spiro atoms. The third-order valence-electron chi connectivity index (χ3n) is 4.78. The number of benzene rings is 1.